The number of halogens is 1. The van der Waals surface area contributed by atoms with Gasteiger partial charge >= 0.3 is 0 Å². The minimum atomic E-state index is -0.855. The van der Waals surface area contributed by atoms with Crippen LogP contribution in [0.15, 0.2) is 30.3 Å². The predicted molar refractivity (Wildman–Crippen MR) is 56.5 cm³/mol. The molecule has 0 saturated carbocycles. The van der Waals surface area contributed by atoms with E-state index in [9.17, 15) is 9.18 Å². The molecule has 0 spiro atoms. The van der Waals surface area contributed by atoms with E-state index in [1.165, 1.54) is 0 Å². The highest BCUT2D eigenvalue weighted by atomic mass is 19.1. The smallest absolute Gasteiger partial charge is 0.253 e. The maximum atomic E-state index is 13.1. The maximum Gasteiger partial charge on any atom is 0.253 e. The molecule has 1 saturated heterocycles. The predicted octanol–water partition coefficient (Wildman–Crippen LogP) is 2.26. The third kappa shape index (κ3) is 2.35. The van der Waals surface area contributed by atoms with E-state index in [1.54, 1.807) is 17.0 Å². The van der Waals surface area contributed by atoms with Crippen LogP contribution in [-0.4, -0.2) is 30.1 Å². The molecule has 1 aromatic carbocycles. The normalized spacial score (nSPS) is 21.4. The number of rotatable bonds is 1. The highest BCUT2D eigenvalue weighted by Crippen LogP contribution is 2.15. The van der Waals surface area contributed by atoms with Crippen LogP contribution in [0.2, 0.25) is 0 Å². The zero-order chi connectivity index (χ0) is 10.7. The van der Waals surface area contributed by atoms with Crippen LogP contribution in [0.4, 0.5) is 4.39 Å². The summed E-state index contributed by atoms with van der Waals surface area (Å²) < 4.78 is 13.1. The van der Waals surface area contributed by atoms with Gasteiger partial charge < -0.3 is 4.90 Å². The Bertz CT molecular complexity index is 339. The van der Waals surface area contributed by atoms with Gasteiger partial charge in [-0.3, -0.25) is 4.79 Å². The zero-order valence-corrected chi connectivity index (χ0v) is 8.53. The lowest BCUT2D eigenvalue weighted by molar-refractivity contribution is 0.0636. The third-order valence-corrected chi connectivity index (χ3v) is 2.67. The Hall–Kier alpha value is -1.38. The van der Waals surface area contributed by atoms with Gasteiger partial charge in [-0.25, -0.2) is 4.39 Å². The van der Waals surface area contributed by atoms with Gasteiger partial charge in [-0.05, 0) is 25.0 Å². The van der Waals surface area contributed by atoms with Crippen molar-refractivity contribution in [3.05, 3.63) is 35.9 Å². The summed E-state index contributed by atoms with van der Waals surface area (Å²) in [6.45, 7) is 0.919. The van der Waals surface area contributed by atoms with Gasteiger partial charge in [0.1, 0.15) is 6.17 Å². The van der Waals surface area contributed by atoms with Crippen LogP contribution in [0.3, 0.4) is 0 Å². The molecule has 15 heavy (non-hydrogen) atoms. The molecule has 0 radical (unpaired) electrons. The van der Waals surface area contributed by atoms with E-state index < -0.39 is 6.17 Å². The molecule has 1 heterocycles. The van der Waals surface area contributed by atoms with E-state index >= 15 is 0 Å². The molecule has 1 amide bonds. The van der Waals surface area contributed by atoms with E-state index in [-0.39, 0.29) is 12.5 Å². The van der Waals surface area contributed by atoms with Crippen molar-refractivity contribution in [2.24, 2.45) is 0 Å². The monoisotopic (exact) mass is 207 g/mol. The fraction of sp³-hybridized carbons (Fsp3) is 0.417. The molecular weight excluding hydrogens is 193 g/mol. The molecule has 0 aromatic heterocycles. The Morgan fingerprint density at radius 2 is 2.07 bits per heavy atom. The van der Waals surface area contributed by atoms with Crippen LogP contribution in [0.25, 0.3) is 0 Å². The molecule has 0 bridgehead atoms. The van der Waals surface area contributed by atoms with Crippen molar-refractivity contribution in [1.29, 1.82) is 0 Å². The van der Waals surface area contributed by atoms with Crippen LogP contribution in [-0.2, 0) is 0 Å². The molecule has 0 N–H and O–H groups in total. The van der Waals surface area contributed by atoms with Gasteiger partial charge in [0.25, 0.3) is 5.91 Å². The van der Waals surface area contributed by atoms with Crippen molar-refractivity contribution in [3.63, 3.8) is 0 Å². The van der Waals surface area contributed by atoms with Gasteiger partial charge in [-0.1, -0.05) is 18.2 Å². The number of amides is 1. The molecule has 3 heteroatoms. The van der Waals surface area contributed by atoms with Gasteiger partial charge in [0.2, 0.25) is 0 Å². The number of benzene rings is 1. The number of hydrogen-bond donors (Lipinski definition) is 0. The quantitative estimate of drug-likeness (QED) is 0.691. The second-order valence-electron chi connectivity index (χ2n) is 3.86. The largest absolute Gasteiger partial charge is 0.336 e. The third-order valence-electron chi connectivity index (χ3n) is 2.67. The first-order chi connectivity index (χ1) is 7.27. The van der Waals surface area contributed by atoms with Crippen LogP contribution in [0.1, 0.15) is 23.2 Å². The maximum absolute atomic E-state index is 13.1. The standard InChI is InChI=1S/C12H14FNO/c13-11-7-4-8-14(9-11)12(15)10-5-2-1-3-6-10/h1-3,5-6,11H,4,7-9H2. The number of hydrogen-bond acceptors (Lipinski definition) is 1. The first kappa shape index (κ1) is 10.1. The number of alkyl halides is 1. The Labute approximate surface area is 88.7 Å². The zero-order valence-electron chi connectivity index (χ0n) is 8.53. The van der Waals surface area contributed by atoms with E-state index in [2.05, 4.69) is 0 Å². The first-order valence-corrected chi connectivity index (χ1v) is 5.26. The molecule has 1 atom stereocenters. The lowest BCUT2D eigenvalue weighted by atomic mass is 10.1. The summed E-state index contributed by atoms with van der Waals surface area (Å²) in [5.41, 5.74) is 0.645. The summed E-state index contributed by atoms with van der Waals surface area (Å²) in [5, 5.41) is 0. The summed E-state index contributed by atoms with van der Waals surface area (Å²) in [4.78, 5) is 13.5. The van der Waals surface area contributed by atoms with Crippen LogP contribution in [0.5, 0.6) is 0 Å². The van der Waals surface area contributed by atoms with Crippen molar-refractivity contribution >= 4 is 5.91 Å². The average molecular weight is 207 g/mol. The van der Waals surface area contributed by atoms with Crippen LogP contribution >= 0.6 is 0 Å². The van der Waals surface area contributed by atoms with Gasteiger partial charge in [0.05, 0.1) is 6.54 Å². The summed E-state index contributed by atoms with van der Waals surface area (Å²) in [6.07, 6.45) is 0.490. The van der Waals surface area contributed by atoms with Crippen molar-refractivity contribution in [2.45, 2.75) is 19.0 Å². The summed E-state index contributed by atoms with van der Waals surface area (Å²) in [6, 6.07) is 9.05. The van der Waals surface area contributed by atoms with Crippen molar-refractivity contribution in [1.82, 2.24) is 4.90 Å². The molecule has 2 nitrogen and oxygen atoms in total. The molecule has 0 aliphatic carbocycles. The molecule has 1 aliphatic heterocycles. The van der Waals surface area contributed by atoms with Crippen molar-refractivity contribution in [2.75, 3.05) is 13.1 Å². The second kappa shape index (κ2) is 4.43. The van der Waals surface area contributed by atoms with Gasteiger partial charge in [-0.15, -0.1) is 0 Å². The molecule has 2 rings (SSSR count). The average Bonchev–Trinajstić information content (AvgIpc) is 2.29. The molecule has 1 fully saturated rings. The summed E-state index contributed by atoms with van der Waals surface area (Å²) in [7, 11) is 0. The second-order valence-corrected chi connectivity index (χ2v) is 3.86. The molecule has 80 valence electrons. The Balaban J connectivity index is 2.08. The lowest BCUT2D eigenvalue weighted by Gasteiger charge is -2.29. The molecule has 1 aliphatic rings. The first-order valence-electron chi connectivity index (χ1n) is 5.26. The van der Waals surface area contributed by atoms with Crippen molar-refractivity contribution in [3.8, 4) is 0 Å². The van der Waals surface area contributed by atoms with E-state index in [4.69, 9.17) is 0 Å². The minimum Gasteiger partial charge on any atom is -0.336 e. The summed E-state index contributed by atoms with van der Waals surface area (Å²) in [5.74, 6) is -0.0575. The minimum absolute atomic E-state index is 0.0575. The Morgan fingerprint density at radius 1 is 1.33 bits per heavy atom. The van der Waals surface area contributed by atoms with Crippen LogP contribution in [0, 0.1) is 0 Å². The number of likely N-dealkylation sites (tertiary alicyclic amines) is 1. The summed E-state index contributed by atoms with van der Waals surface area (Å²) >= 11 is 0. The lowest BCUT2D eigenvalue weighted by Crippen LogP contribution is -2.40. The molecule has 1 unspecified atom stereocenters. The fourth-order valence-electron chi connectivity index (χ4n) is 1.87. The highest BCUT2D eigenvalue weighted by molar-refractivity contribution is 5.94. The number of carbonyl (C=O) groups excluding carboxylic acids is 1. The molecule has 1 aromatic rings. The van der Waals surface area contributed by atoms with Gasteiger partial charge in [0.15, 0.2) is 0 Å². The SMILES string of the molecule is O=C(c1ccccc1)N1CCCC(F)C1. The fourth-order valence-corrected chi connectivity index (χ4v) is 1.87. The molecular formula is C12H14FNO. The van der Waals surface area contributed by atoms with E-state index in [0.717, 1.165) is 6.42 Å². The van der Waals surface area contributed by atoms with Gasteiger partial charge in [0, 0.05) is 12.1 Å². The Kier molecular flexibility index (Phi) is 2.99. The number of nitrogens with zero attached hydrogens (tertiary/aromatic N) is 1. The topological polar surface area (TPSA) is 20.3 Å². The van der Waals surface area contributed by atoms with E-state index in [0.29, 0.717) is 18.5 Å². The number of carbonyl (C=O) groups is 1. The van der Waals surface area contributed by atoms with Gasteiger partial charge in [-0.2, -0.15) is 0 Å². The highest BCUT2D eigenvalue weighted by Gasteiger charge is 2.23. The number of piperidine rings is 1. The van der Waals surface area contributed by atoms with Crippen LogP contribution < -0.4 is 0 Å². The van der Waals surface area contributed by atoms with Crippen molar-refractivity contribution < 1.29 is 9.18 Å². The van der Waals surface area contributed by atoms with E-state index in [1.807, 2.05) is 18.2 Å². The Morgan fingerprint density at radius 3 is 2.73 bits per heavy atom.